The second kappa shape index (κ2) is 5.54. The summed E-state index contributed by atoms with van der Waals surface area (Å²) < 4.78 is 0. The first-order chi connectivity index (χ1) is 11.3. The maximum atomic E-state index is 12.3. The first kappa shape index (κ1) is 14.0. The molecule has 0 radical (unpaired) electrons. The normalized spacial score (nSPS) is 16.9. The molecule has 3 aromatic rings. The van der Waals surface area contributed by atoms with Gasteiger partial charge in [-0.15, -0.1) is 0 Å². The molecule has 1 aliphatic heterocycles. The molecule has 0 aliphatic carbocycles. The van der Waals surface area contributed by atoms with Gasteiger partial charge in [0, 0.05) is 17.7 Å². The summed E-state index contributed by atoms with van der Waals surface area (Å²) in [5.74, 6) is 0.229. The molecule has 0 unspecified atom stereocenters. The van der Waals surface area contributed by atoms with Gasteiger partial charge in [0.25, 0.3) is 0 Å². The quantitative estimate of drug-likeness (QED) is 0.718. The highest BCUT2D eigenvalue weighted by Gasteiger charge is 2.27. The number of amides is 1. The Hall–Kier alpha value is -2.61. The molecule has 2 heteroatoms. The molecule has 1 N–H and O–H groups in total. The van der Waals surface area contributed by atoms with Crippen molar-refractivity contribution in [3.05, 3.63) is 77.4 Å². The zero-order chi connectivity index (χ0) is 15.8. The number of hydrogen-bond acceptors (Lipinski definition) is 1. The van der Waals surface area contributed by atoms with Crippen LogP contribution in [0.2, 0.25) is 0 Å². The van der Waals surface area contributed by atoms with Gasteiger partial charge in [0.2, 0.25) is 5.91 Å². The van der Waals surface area contributed by atoms with Gasteiger partial charge in [-0.05, 0) is 28.5 Å². The molecule has 3 aromatic carbocycles. The second-order valence-electron chi connectivity index (χ2n) is 6.15. The van der Waals surface area contributed by atoms with E-state index in [9.17, 15) is 4.79 Å². The first-order valence-corrected chi connectivity index (χ1v) is 8.16. The summed E-state index contributed by atoms with van der Waals surface area (Å²) in [5, 5.41) is 5.37. The van der Waals surface area contributed by atoms with E-state index >= 15 is 0 Å². The van der Waals surface area contributed by atoms with E-state index in [-0.39, 0.29) is 11.8 Å². The highest BCUT2D eigenvalue weighted by molar-refractivity contribution is 6.06. The van der Waals surface area contributed by atoms with Gasteiger partial charge in [-0.25, -0.2) is 0 Å². The van der Waals surface area contributed by atoms with E-state index in [2.05, 4.69) is 60.8 Å². The zero-order valence-corrected chi connectivity index (χ0v) is 13.2. The number of fused-ring (bicyclic) bond motifs is 3. The number of anilines is 1. The van der Waals surface area contributed by atoms with Gasteiger partial charge in [-0.1, -0.05) is 67.6 Å². The van der Waals surface area contributed by atoms with Crippen molar-refractivity contribution in [3.63, 3.8) is 0 Å². The monoisotopic (exact) mass is 301 g/mol. The molecule has 0 saturated carbocycles. The fourth-order valence-electron chi connectivity index (χ4n) is 3.49. The Morgan fingerprint density at radius 2 is 1.78 bits per heavy atom. The number of rotatable bonds is 2. The van der Waals surface area contributed by atoms with Gasteiger partial charge in [-0.3, -0.25) is 4.79 Å². The van der Waals surface area contributed by atoms with Gasteiger partial charge in [0.15, 0.2) is 0 Å². The van der Waals surface area contributed by atoms with Crippen molar-refractivity contribution >= 4 is 22.4 Å². The van der Waals surface area contributed by atoms with Crippen LogP contribution in [0.4, 0.5) is 5.69 Å². The van der Waals surface area contributed by atoms with Crippen LogP contribution in [0.3, 0.4) is 0 Å². The predicted octanol–water partition coefficient (Wildman–Crippen LogP) is 4.88. The van der Waals surface area contributed by atoms with Crippen molar-refractivity contribution in [2.75, 3.05) is 5.32 Å². The number of hydrogen-bond donors (Lipinski definition) is 1. The van der Waals surface area contributed by atoms with Gasteiger partial charge in [-0.2, -0.15) is 0 Å². The molecule has 2 nitrogen and oxygen atoms in total. The van der Waals surface area contributed by atoms with Gasteiger partial charge >= 0.3 is 0 Å². The Balaban J connectivity index is 1.87. The number of nitrogens with one attached hydrogen (secondary N) is 1. The molecule has 1 amide bonds. The lowest BCUT2D eigenvalue weighted by Gasteiger charge is -2.27. The third-order valence-electron chi connectivity index (χ3n) is 4.78. The first-order valence-electron chi connectivity index (χ1n) is 8.16. The average Bonchev–Trinajstić information content (AvgIpc) is 2.61. The van der Waals surface area contributed by atoms with E-state index in [1.165, 1.54) is 16.7 Å². The largest absolute Gasteiger partial charge is 0.325 e. The standard InChI is InChI=1S/C21H19NO/c1-2-14-7-9-16(10-8-14)19-13-20(23)22-21-17-6-4-3-5-15(17)11-12-18(19)21/h3-12,19H,2,13H2,1H3,(H,22,23)/t19-/m1/s1. The average molecular weight is 301 g/mol. The third kappa shape index (κ3) is 2.40. The molecular formula is C21H19NO. The summed E-state index contributed by atoms with van der Waals surface area (Å²) in [6, 6.07) is 21.2. The van der Waals surface area contributed by atoms with Crippen LogP contribution in [0.15, 0.2) is 60.7 Å². The van der Waals surface area contributed by atoms with Gasteiger partial charge in [0.05, 0.1) is 5.69 Å². The number of carbonyl (C=O) groups is 1. The second-order valence-corrected chi connectivity index (χ2v) is 6.15. The molecule has 0 aromatic heterocycles. The van der Waals surface area contributed by atoms with Crippen LogP contribution in [0.1, 0.15) is 36.0 Å². The Morgan fingerprint density at radius 3 is 2.57 bits per heavy atom. The number of benzene rings is 3. The molecule has 0 spiro atoms. The maximum Gasteiger partial charge on any atom is 0.225 e. The molecule has 0 bridgehead atoms. The molecule has 1 atom stereocenters. The lowest BCUT2D eigenvalue weighted by Crippen LogP contribution is -2.23. The predicted molar refractivity (Wildman–Crippen MR) is 94.9 cm³/mol. The number of aryl methyl sites for hydroxylation is 1. The van der Waals surface area contributed by atoms with Gasteiger partial charge in [0.1, 0.15) is 0 Å². The molecule has 1 heterocycles. The fourth-order valence-corrected chi connectivity index (χ4v) is 3.49. The van der Waals surface area contributed by atoms with Crippen molar-refractivity contribution in [2.45, 2.75) is 25.7 Å². The highest BCUT2D eigenvalue weighted by atomic mass is 16.1. The lowest BCUT2D eigenvalue weighted by molar-refractivity contribution is -0.116. The smallest absolute Gasteiger partial charge is 0.225 e. The van der Waals surface area contributed by atoms with Crippen LogP contribution < -0.4 is 5.32 Å². The van der Waals surface area contributed by atoms with Crippen LogP contribution in [0.25, 0.3) is 10.8 Å². The van der Waals surface area contributed by atoms with Crippen LogP contribution in [0, 0.1) is 0 Å². The molecular weight excluding hydrogens is 282 g/mol. The van der Waals surface area contributed by atoms with E-state index in [0.29, 0.717) is 6.42 Å². The summed E-state index contributed by atoms with van der Waals surface area (Å²) in [7, 11) is 0. The summed E-state index contributed by atoms with van der Waals surface area (Å²) >= 11 is 0. The topological polar surface area (TPSA) is 29.1 Å². The Kier molecular flexibility index (Phi) is 3.38. The SMILES string of the molecule is CCc1ccc([C@H]2CC(=O)Nc3c2ccc2ccccc32)cc1. The molecule has 0 saturated heterocycles. The van der Waals surface area contributed by atoms with E-state index in [4.69, 9.17) is 0 Å². The lowest BCUT2D eigenvalue weighted by atomic mass is 9.83. The Labute approximate surface area is 136 Å². The minimum Gasteiger partial charge on any atom is -0.325 e. The fraction of sp³-hybridized carbons (Fsp3) is 0.190. The van der Waals surface area contributed by atoms with Crippen LogP contribution in [-0.2, 0) is 11.2 Å². The molecule has 23 heavy (non-hydrogen) atoms. The molecule has 1 aliphatic rings. The minimum atomic E-state index is 0.0958. The van der Waals surface area contributed by atoms with E-state index in [0.717, 1.165) is 22.9 Å². The van der Waals surface area contributed by atoms with Crippen molar-refractivity contribution < 1.29 is 4.79 Å². The third-order valence-corrected chi connectivity index (χ3v) is 4.78. The maximum absolute atomic E-state index is 12.3. The van der Waals surface area contributed by atoms with Crippen molar-refractivity contribution in [1.82, 2.24) is 0 Å². The highest BCUT2D eigenvalue weighted by Crippen LogP contribution is 2.40. The van der Waals surface area contributed by atoms with E-state index in [1.807, 2.05) is 12.1 Å². The molecule has 4 rings (SSSR count). The van der Waals surface area contributed by atoms with Gasteiger partial charge < -0.3 is 5.32 Å². The molecule has 0 fully saturated rings. The summed E-state index contributed by atoms with van der Waals surface area (Å²) in [4.78, 5) is 12.3. The molecule has 114 valence electrons. The minimum absolute atomic E-state index is 0.0958. The van der Waals surface area contributed by atoms with E-state index < -0.39 is 0 Å². The van der Waals surface area contributed by atoms with Crippen LogP contribution in [-0.4, -0.2) is 5.91 Å². The Bertz CT molecular complexity index is 880. The summed E-state index contributed by atoms with van der Waals surface area (Å²) in [6.07, 6.45) is 1.55. The van der Waals surface area contributed by atoms with Crippen LogP contribution >= 0.6 is 0 Å². The summed E-state index contributed by atoms with van der Waals surface area (Å²) in [6.45, 7) is 2.16. The van der Waals surface area contributed by atoms with Crippen molar-refractivity contribution in [2.24, 2.45) is 0 Å². The van der Waals surface area contributed by atoms with Crippen molar-refractivity contribution in [1.29, 1.82) is 0 Å². The number of carbonyl (C=O) groups excluding carboxylic acids is 1. The summed E-state index contributed by atoms with van der Waals surface area (Å²) in [5.41, 5.74) is 4.73. The zero-order valence-electron chi connectivity index (χ0n) is 13.2. The van der Waals surface area contributed by atoms with Crippen LogP contribution in [0.5, 0.6) is 0 Å². The Morgan fingerprint density at radius 1 is 1.00 bits per heavy atom. The van der Waals surface area contributed by atoms with E-state index in [1.54, 1.807) is 0 Å². The van der Waals surface area contributed by atoms with Crippen molar-refractivity contribution in [3.8, 4) is 0 Å².